The van der Waals surface area contributed by atoms with Crippen LogP contribution in [-0.4, -0.2) is 20.7 Å². The predicted molar refractivity (Wildman–Crippen MR) is 96.4 cm³/mol. The highest BCUT2D eigenvalue weighted by Crippen LogP contribution is 2.22. The van der Waals surface area contributed by atoms with Gasteiger partial charge in [-0.2, -0.15) is 0 Å². The third-order valence-electron chi connectivity index (χ3n) is 4.19. The van der Waals surface area contributed by atoms with E-state index < -0.39 is 5.97 Å². The lowest BCUT2D eigenvalue weighted by Crippen LogP contribution is -2.07. The molecule has 3 aromatic heterocycles. The number of carbonyl (C=O) groups is 1. The van der Waals surface area contributed by atoms with E-state index in [4.69, 9.17) is 13.6 Å². The zero-order valence-corrected chi connectivity index (χ0v) is 14.9. The highest BCUT2D eigenvalue weighted by Gasteiger charge is 2.19. The number of para-hydroxylation sites is 1. The lowest BCUT2D eigenvalue weighted by molar-refractivity contribution is 0.0437. The Morgan fingerprint density at radius 1 is 1.11 bits per heavy atom. The van der Waals surface area contributed by atoms with Gasteiger partial charge in [-0.25, -0.2) is 4.79 Å². The van der Waals surface area contributed by atoms with Gasteiger partial charge in [-0.05, 0) is 44.2 Å². The molecule has 0 saturated carbocycles. The zero-order valence-electron chi connectivity index (χ0n) is 14.9. The molecule has 0 atom stereocenters. The molecule has 3 heterocycles. The number of aryl methyl sites for hydroxylation is 1. The summed E-state index contributed by atoms with van der Waals surface area (Å²) in [5, 5.41) is 7.75. The average Bonchev–Trinajstić information content (AvgIpc) is 3.41. The molecule has 27 heavy (non-hydrogen) atoms. The maximum atomic E-state index is 12.5. The zero-order chi connectivity index (χ0) is 18.8. The Labute approximate surface area is 155 Å². The number of esters is 1. The fourth-order valence-electron chi connectivity index (χ4n) is 2.96. The van der Waals surface area contributed by atoms with Gasteiger partial charge in [0, 0.05) is 17.1 Å². The summed E-state index contributed by atoms with van der Waals surface area (Å²) < 4.78 is 18.0. The summed E-state index contributed by atoms with van der Waals surface area (Å²) in [5.74, 6) is 0.467. The molecule has 0 spiro atoms. The van der Waals surface area contributed by atoms with Gasteiger partial charge in [0.1, 0.15) is 0 Å². The molecule has 0 aliphatic carbocycles. The highest BCUT2D eigenvalue weighted by atomic mass is 16.5. The Morgan fingerprint density at radius 2 is 1.93 bits per heavy atom. The van der Waals surface area contributed by atoms with Crippen molar-refractivity contribution >= 4 is 5.97 Å². The minimum atomic E-state index is -0.442. The van der Waals surface area contributed by atoms with Crippen LogP contribution in [-0.2, 0) is 11.3 Å². The van der Waals surface area contributed by atoms with Gasteiger partial charge in [-0.15, -0.1) is 10.2 Å². The quantitative estimate of drug-likeness (QED) is 0.497. The normalized spacial score (nSPS) is 10.9. The second-order valence-corrected chi connectivity index (χ2v) is 6.01. The highest BCUT2D eigenvalue weighted by molar-refractivity contribution is 5.91. The Bertz CT molecular complexity index is 1060. The molecular formula is C20H17N3O4. The fourth-order valence-corrected chi connectivity index (χ4v) is 2.96. The third kappa shape index (κ3) is 3.27. The summed E-state index contributed by atoms with van der Waals surface area (Å²) in [5.41, 5.74) is 3.25. The average molecular weight is 363 g/mol. The molecule has 0 saturated heterocycles. The van der Waals surface area contributed by atoms with E-state index in [2.05, 4.69) is 10.2 Å². The second kappa shape index (κ2) is 6.95. The maximum Gasteiger partial charge on any atom is 0.340 e. The van der Waals surface area contributed by atoms with Crippen LogP contribution in [0.2, 0.25) is 0 Å². The molecule has 4 rings (SSSR count). The van der Waals surface area contributed by atoms with Crippen molar-refractivity contribution in [1.82, 2.24) is 14.8 Å². The number of rotatable bonds is 5. The molecule has 0 aliphatic heterocycles. The van der Waals surface area contributed by atoms with Crippen molar-refractivity contribution in [3.63, 3.8) is 0 Å². The first-order valence-corrected chi connectivity index (χ1v) is 8.41. The van der Waals surface area contributed by atoms with Gasteiger partial charge in [-0.1, -0.05) is 18.2 Å². The Kier molecular flexibility index (Phi) is 4.33. The summed E-state index contributed by atoms with van der Waals surface area (Å²) in [7, 11) is 0. The number of nitrogens with zero attached hydrogens (tertiary/aromatic N) is 3. The molecule has 0 amide bonds. The van der Waals surface area contributed by atoms with Gasteiger partial charge in [0.25, 0.3) is 11.8 Å². The number of hydrogen-bond acceptors (Lipinski definition) is 6. The van der Waals surface area contributed by atoms with Gasteiger partial charge in [0.15, 0.2) is 12.4 Å². The Hall–Kier alpha value is -3.61. The summed E-state index contributed by atoms with van der Waals surface area (Å²) in [6.07, 6.45) is 1.52. The lowest BCUT2D eigenvalue weighted by atomic mass is 10.2. The molecule has 0 N–H and O–H groups in total. The van der Waals surface area contributed by atoms with E-state index in [0.717, 1.165) is 17.1 Å². The number of aromatic nitrogens is 3. The van der Waals surface area contributed by atoms with E-state index in [-0.39, 0.29) is 18.4 Å². The van der Waals surface area contributed by atoms with Crippen LogP contribution >= 0.6 is 0 Å². The number of ether oxygens (including phenoxy) is 1. The second-order valence-electron chi connectivity index (χ2n) is 6.01. The lowest BCUT2D eigenvalue weighted by Gasteiger charge is -2.09. The van der Waals surface area contributed by atoms with Crippen LogP contribution in [0.1, 0.15) is 27.6 Å². The van der Waals surface area contributed by atoms with Crippen LogP contribution in [0.15, 0.2) is 63.6 Å². The number of benzene rings is 1. The van der Waals surface area contributed by atoms with Crippen molar-refractivity contribution in [2.75, 3.05) is 0 Å². The maximum absolute atomic E-state index is 12.5. The molecule has 0 radical (unpaired) electrons. The van der Waals surface area contributed by atoms with E-state index >= 15 is 0 Å². The molecule has 7 heteroatoms. The van der Waals surface area contributed by atoms with Gasteiger partial charge in [0.2, 0.25) is 0 Å². The van der Waals surface area contributed by atoms with Crippen LogP contribution in [0.4, 0.5) is 0 Å². The van der Waals surface area contributed by atoms with E-state index in [1.165, 1.54) is 6.26 Å². The monoisotopic (exact) mass is 363 g/mol. The van der Waals surface area contributed by atoms with Crippen LogP contribution in [0.3, 0.4) is 0 Å². The van der Waals surface area contributed by atoms with E-state index in [9.17, 15) is 4.79 Å². The van der Waals surface area contributed by atoms with Crippen LogP contribution in [0.25, 0.3) is 17.3 Å². The summed E-state index contributed by atoms with van der Waals surface area (Å²) in [6.45, 7) is 3.73. The largest absolute Gasteiger partial charge is 0.459 e. The topological polar surface area (TPSA) is 83.3 Å². The fraction of sp³-hybridized carbons (Fsp3) is 0.150. The molecule has 1 aromatic carbocycles. The van der Waals surface area contributed by atoms with Crippen molar-refractivity contribution in [3.8, 4) is 17.3 Å². The van der Waals surface area contributed by atoms with E-state index in [1.807, 2.05) is 54.8 Å². The Morgan fingerprint density at radius 3 is 2.67 bits per heavy atom. The molecule has 7 nitrogen and oxygen atoms in total. The molecule has 136 valence electrons. The number of hydrogen-bond donors (Lipinski definition) is 0. The summed E-state index contributed by atoms with van der Waals surface area (Å²) in [4.78, 5) is 12.5. The molecule has 4 aromatic rings. The molecular weight excluding hydrogens is 346 g/mol. The van der Waals surface area contributed by atoms with Crippen molar-refractivity contribution in [3.05, 3.63) is 77.6 Å². The number of carbonyl (C=O) groups excluding carboxylic acids is 1. The Balaban J connectivity index is 1.49. The van der Waals surface area contributed by atoms with Crippen molar-refractivity contribution in [2.24, 2.45) is 0 Å². The van der Waals surface area contributed by atoms with Crippen LogP contribution < -0.4 is 0 Å². The van der Waals surface area contributed by atoms with Crippen LogP contribution in [0.5, 0.6) is 0 Å². The van der Waals surface area contributed by atoms with Gasteiger partial charge in [-0.3, -0.25) is 0 Å². The molecule has 0 unspecified atom stereocenters. The van der Waals surface area contributed by atoms with Crippen LogP contribution in [0, 0.1) is 13.8 Å². The first kappa shape index (κ1) is 16.8. The third-order valence-corrected chi connectivity index (χ3v) is 4.19. The molecule has 0 bridgehead atoms. The minimum absolute atomic E-state index is 0.110. The summed E-state index contributed by atoms with van der Waals surface area (Å²) >= 11 is 0. The smallest absolute Gasteiger partial charge is 0.340 e. The van der Waals surface area contributed by atoms with E-state index in [0.29, 0.717) is 11.3 Å². The van der Waals surface area contributed by atoms with Gasteiger partial charge < -0.3 is 18.1 Å². The van der Waals surface area contributed by atoms with Gasteiger partial charge in [0.05, 0.1) is 11.8 Å². The van der Waals surface area contributed by atoms with E-state index in [1.54, 1.807) is 12.1 Å². The summed E-state index contributed by atoms with van der Waals surface area (Å²) in [6, 6.07) is 15.1. The standard InChI is InChI=1S/C20H17N3O4/c1-13-11-16(14(2)23(13)15-7-4-3-5-8-15)20(24)26-12-18-21-22-19(27-18)17-9-6-10-25-17/h3-11H,12H2,1-2H3. The minimum Gasteiger partial charge on any atom is -0.459 e. The predicted octanol–water partition coefficient (Wildman–Crippen LogP) is 4.09. The first-order valence-electron chi connectivity index (χ1n) is 8.41. The SMILES string of the molecule is Cc1cc(C(=O)OCc2nnc(-c3ccco3)o2)c(C)n1-c1ccccc1. The number of furan rings is 1. The van der Waals surface area contributed by atoms with Crippen molar-refractivity contribution in [2.45, 2.75) is 20.5 Å². The van der Waals surface area contributed by atoms with Crippen molar-refractivity contribution < 1.29 is 18.4 Å². The first-order chi connectivity index (χ1) is 13.1. The van der Waals surface area contributed by atoms with Gasteiger partial charge >= 0.3 is 5.97 Å². The molecule has 0 aliphatic rings. The van der Waals surface area contributed by atoms with Crippen molar-refractivity contribution in [1.29, 1.82) is 0 Å². The molecule has 0 fully saturated rings.